The Bertz CT molecular complexity index is 684. The number of fused-ring (bicyclic) bond motifs is 1. The molecule has 2 aromatic rings. The maximum Gasteiger partial charge on any atom is 0.267 e. The van der Waals surface area contributed by atoms with Crippen LogP contribution in [0.15, 0.2) is 23.6 Å². The van der Waals surface area contributed by atoms with E-state index in [1.165, 1.54) is 11.3 Å². The molecule has 6 heteroatoms. The zero-order chi connectivity index (χ0) is 14.8. The van der Waals surface area contributed by atoms with Crippen molar-refractivity contribution in [2.75, 3.05) is 18.5 Å². The van der Waals surface area contributed by atoms with E-state index in [0.29, 0.717) is 16.5 Å². The number of thiophene rings is 1. The van der Waals surface area contributed by atoms with Crippen molar-refractivity contribution in [3.8, 4) is 5.75 Å². The molecule has 2 N–H and O–H groups in total. The number of benzene rings is 1. The van der Waals surface area contributed by atoms with Gasteiger partial charge in [-0.05, 0) is 36.1 Å². The van der Waals surface area contributed by atoms with Crippen LogP contribution in [-0.2, 0) is 6.54 Å². The Morgan fingerprint density at radius 1 is 1.48 bits per heavy atom. The third-order valence-electron chi connectivity index (χ3n) is 3.28. The van der Waals surface area contributed by atoms with Gasteiger partial charge in [0.2, 0.25) is 0 Å². The summed E-state index contributed by atoms with van der Waals surface area (Å²) < 4.78 is 5.62. The summed E-state index contributed by atoms with van der Waals surface area (Å²) in [5.41, 5.74) is 2.71. The molecule has 3 rings (SSSR count). The van der Waals surface area contributed by atoms with Crippen molar-refractivity contribution in [2.24, 2.45) is 0 Å². The lowest BCUT2D eigenvalue weighted by molar-refractivity contribution is 0.103. The summed E-state index contributed by atoms with van der Waals surface area (Å²) in [6, 6.07) is 5.66. The molecule has 0 radical (unpaired) electrons. The van der Waals surface area contributed by atoms with E-state index in [4.69, 9.17) is 16.3 Å². The fraction of sp³-hybridized carbons (Fsp3) is 0.267. The highest BCUT2D eigenvalue weighted by Crippen LogP contribution is 2.29. The lowest BCUT2D eigenvalue weighted by Gasteiger charge is -2.10. The first kappa shape index (κ1) is 14.4. The summed E-state index contributed by atoms with van der Waals surface area (Å²) in [5.74, 6) is 0.684. The number of carbonyl (C=O) groups is 1. The Hall–Kier alpha value is -1.56. The van der Waals surface area contributed by atoms with Crippen molar-refractivity contribution >= 4 is 34.5 Å². The van der Waals surface area contributed by atoms with Crippen LogP contribution >= 0.6 is 22.9 Å². The molecule has 1 aromatic carbocycles. The zero-order valence-corrected chi connectivity index (χ0v) is 13.1. The highest BCUT2D eigenvalue weighted by molar-refractivity contribution is 7.13. The van der Waals surface area contributed by atoms with Crippen LogP contribution in [0.3, 0.4) is 0 Å². The number of hydrogen-bond acceptors (Lipinski definition) is 4. The fourth-order valence-electron chi connectivity index (χ4n) is 2.16. The van der Waals surface area contributed by atoms with Gasteiger partial charge in [0.15, 0.2) is 0 Å². The molecule has 1 aliphatic rings. The fourth-order valence-corrected chi connectivity index (χ4v) is 3.34. The molecular weight excluding hydrogens is 308 g/mol. The maximum absolute atomic E-state index is 12.3. The van der Waals surface area contributed by atoms with Gasteiger partial charge in [-0.2, -0.15) is 0 Å². The van der Waals surface area contributed by atoms with Crippen molar-refractivity contribution in [2.45, 2.75) is 13.5 Å². The Morgan fingerprint density at radius 2 is 2.33 bits per heavy atom. The zero-order valence-electron chi connectivity index (χ0n) is 11.5. The van der Waals surface area contributed by atoms with Crippen LogP contribution in [-0.4, -0.2) is 19.1 Å². The number of rotatable bonds is 2. The van der Waals surface area contributed by atoms with Crippen molar-refractivity contribution in [1.29, 1.82) is 0 Å². The van der Waals surface area contributed by atoms with Gasteiger partial charge >= 0.3 is 0 Å². The van der Waals surface area contributed by atoms with E-state index in [9.17, 15) is 4.79 Å². The first-order valence-corrected chi connectivity index (χ1v) is 7.92. The summed E-state index contributed by atoms with van der Waals surface area (Å²) in [4.78, 5) is 12.8. The molecule has 0 atom stereocenters. The normalized spacial score (nSPS) is 14.0. The van der Waals surface area contributed by atoms with Crippen LogP contribution < -0.4 is 15.4 Å². The van der Waals surface area contributed by atoms with Gasteiger partial charge in [-0.15, -0.1) is 11.3 Å². The molecule has 0 saturated heterocycles. The third kappa shape index (κ3) is 3.05. The van der Waals surface area contributed by atoms with E-state index in [2.05, 4.69) is 10.6 Å². The predicted octanol–water partition coefficient (Wildman–Crippen LogP) is 3.44. The number of aryl methyl sites for hydroxylation is 1. The molecule has 0 spiro atoms. The molecule has 0 unspecified atom stereocenters. The van der Waals surface area contributed by atoms with Gasteiger partial charge in [0.1, 0.15) is 17.2 Å². The lowest BCUT2D eigenvalue weighted by atomic mass is 10.1. The van der Waals surface area contributed by atoms with E-state index < -0.39 is 0 Å². The SMILES string of the molecule is Cc1csc(C(=O)Nc2ccc3c(c2)CNCCO3)c1Cl. The molecule has 1 aliphatic heterocycles. The lowest BCUT2D eigenvalue weighted by Crippen LogP contribution is -2.16. The van der Waals surface area contributed by atoms with Gasteiger partial charge in [0.05, 0.1) is 5.02 Å². The van der Waals surface area contributed by atoms with Gasteiger partial charge in [0, 0.05) is 24.3 Å². The molecule has 21 heavy (non-hydrogen) atoms. The number of ether oxygens (including phenoxy) is 1. The highest BCUT2D eigenvalue weighted by atomic mass is 35.5. The summed E-state index contributed by atoms with van der Waals surface area (Å²) in [6.45, 7) is 4.10. The van der Waals surface area contributed by atoms with Gasteiger partial charge in [-0.3, -0.25) is 4.79 Å². The molecule has 2 heterocycles. The summed E-state index contributed by atoms with van der Waals surface area (Å²) >= 11 is 7.48. The first-order valence-electron chi connectivity index (χ1n) is 6.66. The standard InChI is InChI=1S/C15H15ClN2O2S/c1-9-8-21-14(13(9)16)15(19)18-11-2-3-12-10(6-11)7-17-4-5-20-12/h2-3,6,8,17H,4-5,7H2,1H3,(H,18,19). The van der Waals surface area contributed by atoms with Gasteiger partial charge in [0.25, 0.3) is 5.91 Å². The first-order chi connectivity index (χ1) is 10.1. The summed E-state index contributed by atoms with van der Waals surface area (Å²) in [6.07, 6.45) is 0. The minimum absolute atomic E-state index is 0.180. The Kier molecular flexibility index (Phi) is 4.14. The van der Waals surface area contributed by atoms with Crippen molar-refractivity contribution in [1.82, 2.24) is 5.32 Å². The largest absolute Gasteiger partial charge is 0.492 e. The average molecular weight is 323 g/mol. The maximum atomic E-state index is 12.3. The minimum atomic E-state index is -0.180. The van der Waals surface area contributed by atoms with Crippen LogP contribution in [0.4, 0.5) is 5.69 Å². The molecule has 110 valence electrons. The Labute approximate surface area is 132 Å². The second-order valence-corrected chi connectivity index (χ2v) is 6.12. The minimum Gasteiger partial charge on any atom is -0.492 e. The predicted molar refractivity (Wildman–Crippen MR) is 85.7 cm³/mol. The van der Waals surface area contributed by atoms with E-state index >= 15 is 0 Å². The van der Waals surface area contributed by atoms with E-state index in [0.717, 1.165) is 35.7 Å². The molecule has 0 bridgehead atoms. The second kappa shape index (κ2) is 6.05. The second-order valence-electron chi connectivity index (χ2n) is 4.86. The quantitative estimate of drug-likeness (QED) is 0.890. The van der Waals surface area contributed by atoms with Gasteiger partial charge < -0.3 is 15.4 Å². The molecule has 4 nitrogen and oxygen atoms in total. The van der Waals surface area contributed by atoms with Crippen LogP contribution in [0.1, 0.15) is 20.8 Å². The number of anilines is 1. The van der Waals surface area contributed by atoms with Crippen molar-refractivity contribution in [3.05, 3.63) is 44.6 Å². The van der Waals surface area contributed by atoms with Crippen LogP contribution in [0.5, 0.6) is 5.75 Å². The van der Waals surface area contributed by atoms with Crippen molar-refractivity contribution < 1.29 is 9.53 Å². The number of carbonyl (C=O) groups excluding carboxylic acids is 1. The van der Waals surface area contributed by atoms with Crippen LogP contribution in [0.25, 0.3) is 0 Å². The van der Waals surface area contributed by atoms with E-state index in [1.54, 1.807) is 0 Å². The number of hydrogen-bond donors (Lipinski definition) is 2. The topological polar surface area (TPSA) is 50.4 Å². The summed E-state index contributed by atoms with van der Waals surface area (Å²) in [7, 11) is 0. The number of nitrogens with one attached hydrogen (secondary N) is 2. The number of amides is 1. The van der Waals surface area contributed by atoms with Crippen molar-refractivity contribution in [3.63, 3.8) is 0 Å². The summed E-state index contributed by atoms with van der Waals surface area (Å²) in [5, 5.41) is 8.56. The molecule has 0 fully saturated rings. The average Bonchev–Trinajstić information content (AvgIpc) is 2.68. The van der Waals surface area contributed by atoms with Crippen LogP contribution in [0.2, 0.25) is 5.02 Å². The molecular formula is C15H15ClN2O2S. The third-order valence-corrected chi connectivity index (χ3v) is 4.97. The van der Waals surface area contributed by atoms with Gasteiger partial charge in [-0.1, -0.05) is 11.6 Å². The molecule has 0 aliphatic carbocycles. The van der Waals surface area contributed by atoms with Crippen LogP contribution in [0, 0.1) is 6.92 Å². The monoisotopic (exact) mass is 322 g/mol. The Morgan fingerprint density at radius 3 is 3.10 bits per heavy atom. The number of halogens is 1. The molecule has 1 amide bonds. The van der Waals surface area contributed by atoms with Gasteiger partial charge in [-0.25, -0.2) is 0 Å². The highest BCUT2D eigenvalue weighted by Gasteiger charge is 2.16. The molecule has 1 aromatic heterocycles. The Balaban J connectivity index is 1.80. The smallest absolute Gasteiger partial charge is 0.267 e. The van der Waals surface area contributed by atoms with E-state index in [-0.39, 0.29) is 5.91 Å². The van der Waals surface area contributed by atoms with E-state index in [1.807, 2.05) is 30.5 Å². The molecule has 0 saturated carbocycles.